The van der Waals surface area contributed by atoms with Gasteiger partial charge < -0.3 is 10.3 Å². The highest BCUT2D eigenvalue weighted by Gasteiger charge is 2.21. The van der Waals surface area contributed by atoms with E-state index < -0.39 is 0 Å². The van der Waals surface area contributed by atoms with E-state index in [1.165, 1.54) is 0 Å². The zero-order valence-electron chi connectivity index (χ0n) is 11.8. The van der Waals surface area contributed by atoms with Crippen molar-refractivity contribution in [2.45, 2.75) is 52.1 Å². The Kier molecular flexibility index (Phi) is 3.66. The molecule has 2 aromatic rings. The predicted molar refractivity (Wildman–Crippen MR) is 69.3 cm³/mol. The number of nitrogens with two attached hydrogens (primary N) is 1. The molecule has 0 amide bonds. The van der Waals surface area contributed by atoms with E-state index in [9.17, 15) is 0 Å². The molecule has 0 radical (unpaired) electrons. The second-order valence-electron chi connectivity index (χ2n) is 5.62. The molecule has 1 atom stereocenters. The summed E-state index contributed by atoms with van der Waals surface area (Å²) >= 11 is 0. The lowest BCUT2D eigenvalue weighted by Crippen LogP contribution is -2.13. The van der Waals surface area contributed by atoms with Crippen LogP contribution in [0.2, 0.25) is 0 Å². The summed E-state index contributed by atoms with van der Waals surface area (Å²) in [5.74, 6) is 1.21. The normalized spacial score (nSPS) is 13.7. The van der Waals surface area contributed by atoms with Gasteiger partial charge >= 0.3 is 0 Å². The molecule has 7 heteroatoms. The van der Waals surface area contributed by atoms with Gasteiger partial charge in [-0.05, 0) is 6.42 Å². The molecule has 0 bridgehead atoms. The van der Waals surface area contributed by atoms with E-state index in [0.717, 1.165) is 12.1 Å². The van der Waals surface area contributed by atoms with E-state index in [-0.39, 0.29) is 11.5 Å². The first-order valence-electron chi connectivity index (χ1n) is 6.39. The van der Waals surface area contributed by atoms with Crippen LogP contribution in [0.4, 0.5) is 0 Å². The average Bonchev–Trinajstić information content (AvgIpc) is 2.97. The van der Waals surface area contributed by atoms with E-state index in [2.05, 4.69) is 20.5 Å². The minimum Gasteiger partial charge on any atom is -0.337 e. The van der Waals surface area contributed by atoms with Gasteiger partial charge in [0.2, 0.25) is 5.89 Å². The predicted octanol–water partition coefficient (Wildman–Crippen LogP) is 1.42. The van der Waals surface area contributed by atoms with Gasteiger partial charge in [-0.2, -0.15) is 4.98 Å². The lowest BCUT2D eigenvalue weighted by molar-refractivity contribution is 0.352. The topological polar surface area (TPSA) is 95.7 Å². The first-order valence-corrected chi connectivity index (χ1v) is 6.39. The van der Waals surface area contributed by atoms with Crippen LogP contribution in [0.25, 0.3) is 0 Å². The van der Waals surface area contributed by atoms with Crippen LogP contribution in [0.3, 0.4) is 0 Å². The van der Waals surface area contributed by atoms with Crippen molar-refractivity contribution in [3.8, 4) is 0 Å². The van der Waals surface area contributed by atoms with Gasteiger partial charge in [-0.25, -0.2) is 4.68 Å². The van der Waals surface area contributed by atoms with Crippen LogP contribution in [-0.2, 0) is 12.0 Å². The van der Waals surface area contributed by atoms with Crippen molar-refractivity contribution in [2.24, 2.45) is 5.73 Å². The van der Waals surface area contributed by atoms with Crippen molar-refractivity contribution in [1.82, 2.24) is 25.1 Å². The van der Waals surface area contributed by atoms with Gasteiger partial charge in [0, 0.05) is 5.41 Å². The zero-order chi connectivity index (χ0) is 14.0. The summed E-state index contributed by atoms with van der Waals surface area (Å²) < 4.78 is 6.87. The molecule has 7 nitrogen and oxygen atoms in total. The van der Waals surface area contributed by atoms with Gasteiger partial charge in [-0.1, -0.05) is 38.1 Å². The lowest BCUT2D eigenvalue weighted by atomic mass is 9.96. The van der Waals surface area contributed by atoms with Gasteiger partial charge in [0.25, 0.3) is 0 Å². The minimum atomic E-state index is -0.125. The fourth-order valence-electron chi connectivity index (χ4n) is 1.53. The summed E-state index contributed by atoms with van der Waals surface area (Å²) in [6.45, 7) is 8.53. The maximum atomic E-state index is 5.89. The van der Waals surface area contributed by atoms with Crippen LogP contribution in [-0.4, -0.2) is 25.1 Å². The summed E-state index contributed by atoms with van der Waals surface area (Å²) in [7, 11) is 0. The molecule has 0 fully saturated rings. The SMILES string of the molecule is CCC(N)c1cn(Cc2nc(C(C)(C)C)no2)nn1. The van der Waals surface area contributed by atoms with Gasteiger partial charge in [0.15, 0.2) is 5.82 Å². The van der Waals surface area contributed by atoms with Crippen molar-refractivity contribution in [2.75, 3.05) is 0 Å². The molecule has 2 heterocycles. The average molecular weight is 264 g/mol. The first-order chi connectivity index (χ1) is 8.90. The standard InChI is InChI=1S/C12H20N6O/c1-5-8(13)9-6-18(17-15-9)7-10-14-11(16-19-10)12(2,3)4/h6,8H,5,7,13H2,1-4H3. The lowest BCUT2D eigenvalue weighted by Gasteiger charge is -2.10. The van der Waals surface area contributed by atoms with Crippen molar-refractivity contribution < 1.29 is 4.52 Å². The summed E-state index contributed by atoms with van der Waals surface area (Å²) in [6.07, 6.45) is 2.64. The third-order valence-corrected chi connectivity index (χ3v) is 2.81. The number of rotatable bonds is 4. The molecule has 19 heavy (non-hydrogen) atoms. The van der Waals surface area contributed by atoms with E-state index in [1.807, 2.05) is 33.9 Å². The van der Waals surface area contributed by atoms with Crippen molar-refractivity contribution in [1.29, 1.82) is 0 Å². The van der Waals surface area contributed by atoms with Crippen molar-refractivity contribution >= 4 is 0 Å². The fraction of sp³-hybridized carbons (Fsp3) is 0.667. The Morgan fingerprint density at radius 2 is 2.16 bits per heavy atom. The van der Waals surface area contributed by atoms with E-state index in [0.29, 0.717) is 18.3 Å². The third kappa shape index (κ3) is 3.17. The van der Waals surface area contributed by atoms with Crippen LogP contribution in [0, 0.1) is 0 Å². The first kappa shape index (κ1) is 13.7. The van der Waals surface area contributed by atoms with Crippen LogP contribution in [0.1, 0.15) is 57.6 Å². The second-order valence-corrected chi connectivity index (χ2v) is 5.62. The Morgan fingerprint density at radius 3 is 2.74 bits per heavy atom. The maximum Gasteiger partial charge on any atom is 0.248 e. The Labute approximate surface area is 112 Å². The molecule has 2 N–H and O–H groups in total. The van der Waals surface area contributed by atoms with Crippen molar-refractivity contribution in [3.63, 3.8) is 0 Å². The van der Waals surface area contributed by atoms with E-state index >= 15 is 0 Å². The Balaban J connectivity index is 2.09. The fourth-order valence-corrected chi connectivity index (χ4v) is 1.53. The summed E-state index contributed by atoms with van der Waals surface area (Å²) in [5, 5.41) is 12.0. The molecule has 0 saturated heterocycles. The Morgan fingerprint density at radius 1 is 1.42 bits per heavy atom. The largest absolute Gasteiger partial charge is 0.337 e. The molecule has 0 spiro atoms. The molecule has 0 aliphatic rings. The van der Waals surface area contributed by atoms with Gasteiger partial charge in [0.05, 0.1) is 17.9 Å². The third-order valence-electron chi connectivity index (χ3n) is 2.81. The maximum absolute atomic E-state index is 5.89. The molecule has 0 aromatic carbocycles. The number of hydrogen-bond donors (Lipinski definition) is 1. The molecule has 104 valence electrons. The molecule has 2 rings (SSSR count). The van der Waals surface area contributed by atoms with Crippen molar-refractivity contribution in [3.05, 3.63) is 23.6 Å². The van der Waals surface area contributed by atoms with Gasteiger partial charge in [0.1, 0.15) is 6.54 Å². The molecule has 0 aliphatic heterocycles. The smallest absolute Gasteiger partial charge is 0.248 e. The molecular formula is C12H20N6O. The van der Waals surface area contributed by atoms with Gasteiger partial charge in [-0.3, -0.25) is 0 Å². The molecule has 1 unspecified atom stereocenters. The number of nitrogens with zero attached hydrogens (tertiary/aromatic N) is 5. The van der Waals surface area contributed by atoms with E-state index in [4.69, 9.17) is 10.3 Å². The van der Waals surface area contributed by atoms with E-state index in [1.54, 1.807) is 4.68 Å². The number of hydrogen-bond acceptors (Lipinski definition) is 6. The highest BCUT2D eigenvalue weighted by Crippen LogP contribution is 2.18. The highest BCUT2D eigenvalue weighted by atomic mass is 16.5. The molecule has 0 aliphatic carbocycles. The highest BCUT2D eigenvalue weighted by molar-refractivity contribution is 5.02. The van der Waals surface area contributed by atoms with Crippen LogP contribution >= 0.6 is 0 Å². The Bertz CT molecular complexity index is 538. The van der Waals surface area contributed by atoms with Gasteiger partial charge in [-0.15, -0.1) is 5.10 Å². The Hall–Kier alpha value is -1.76. The van der Waals surface area contributed by atoms with Crippen LogP contribution in [0.15, 0.2) is 10.7 Å². The quantitative estimate of drug-likeness (QED) is 0.897. The zero-order valence-corrected chi connectivity index (χ0v) is 11.8. The monoisotopic (exact) mass is 264 g/mol. The summed E-state index contributed by atoms with van der Waals surface area (Å²) in [5.41, 5.74) is 6.55. The summed E-state index contributed by atoms with van der Waals surface area (Å²) in [4.78, 5) is 4.35. The minimum absolute atomic E-state index is 0.0819. The summed E-state index contributed by atoms with van der Waals surface area (Å²) in [6, 6.07) is -0.0819. The molecular weight excluding hydrogens is 244 g/mol. The van der Waals surface area contributed by atoms with Crippen LogP contribution in [0.5, 0.6) is 0 Å². The molecule has 2 aromatic heterocycles. The number of aromatic nitrogens is 5. The van der Waals surface area contributed by atoms with Crippen LogP contribution < -0.4 is 5.73 Å². The molecule has 0 saturated carbocycles. The second kappa shape index (κ2) is 5.08.